The molecule has 1 atom stereocenters. The molecule has 0 aliphatic carbocycles. The van der Waals surface area contributed by atoms with Gasteiger partial charge in [-0.25, -0.2) is 0 Å². The van der Waals surface area contributed by atoms with E-state index in [-0.39, 0.29) is 11.3 Å². The molecule has 2 aliphatic rings. The van der Waals surface area contributed by atoms with E-state index in [1.165, 1.54) is 16.8 Å². The zero-order valence-corrected chi connectivity index (χ0v) is 19.6. The van der Waals surface area contributed by atoms with Gasteiger partial charge in [0.25, 0.3) is 0 Å². The fourth-order valence-electron chi connectivity index (χ4n) is 4.79. The summed E-state index contributed by atoms with van der Waals surface area (Å²) >= 11 is 0. The molecule has 1 saturated heterocycles. The smallest absolute Gasteiger partial charge is 0.223 e. The lowest BCUT2D eigenvalue weighted by Gasteiger charge is -2.49. The normalized spacial score (nSPS) is 21.2. The third kappa shape index (κ3) is 3.56. The van der Waals surface area contributed by atoms with Gasteiger partial charge in [0.1, 0.15) is 12.3 Å². The maximum absolute atomic E-state index is 12.6. The van der Waals surface area contributed by atoms with Crippen molar-refractivity contribution >= 4 is 17.7 Å². The van der Waals surface area contributed by atoms with Crippen LogP contribution in [0.4, 0.5) is 5.69 Å². The first-order valence-electron chi connectivity index (χ1n) is 11.0. The number of anilines is 1. The van der Waals surface area contributed by atoms with Crippen molar-refractivity contribution in [3.8, 4) is 11.5 Å². The fraction of sp³-hybridized carbons (Fsp3) is 0.370. The number of benzene rings is 2. The molecule has 0 aromatic heterocycles. The Labute approximate surface area is 190 Å². The first-order valence-corrected chi connectivity index (χ1v) is 11.0. The van der Waals surface area contributed by atoms with E-state index in [4.69, 9.17) is 9.47 Å². The number of nitrogens with zero attached hydrogens (tertiary/aromatic N) is 1. The van der Waals surface area contributed by atoms with Crippen LogP contribution in [0.2, 0.25) is 0 Å². The molecule has 0 radical (unpaired) electrons. The number of carbonyl (C=O) groups is 1. The van der Waals surface area contributed by atoms with E-state index in [2.05, 4.69) is 67.9 Å². The van der Waals surface area contributed by atoms with Crippen molar-refractivity contribution in [3.05, 3.63) is 71.3 Å². The largest absolute Gasteiger partial charge is 0.493 e. The molecule has 168 valence electrons. The highest BCUT2D eigenvalue weighted by atomic mass is 16.5. The zero-order chi connectivity index (χ0) is 23.1. The fourth-order valence-corrected chi connectivity index (χ4v) is 4.79. The van der Waals surface area contributed by atoms with Crippen LogP contribution >= 0.6 is 0 Å². The summed E-state index contributed by atoms with van der Waals surface area (Å²) in [7, 11) is 1.64. The van der Waals surface area contributed by atoms with Gasteiger partial charge in [0, 0.05) is 24.1 Å². The van der Waals surface area contributed by atoms with Gasteiger partial charge in [-0.15, -0.1) is 0 Å². The van der Waals surface area contributed by atoms with Crippen molar-refractivity contribution in [3.63, 3.8) is 0 Å². The van der Waals surface area contributed by atoms with Crippen molar-refractivity contribution in [1.82, 2.24) is 5.32 Å². The first kappa shape index (κ1) is 22.0. The van der Waals surface area contributed by atoms with Gasteiger partial charge in [-0.3, -0.25) is 4.79 Å². The molecule has 0 bridgehead atoms. The second kappa shape index (κ2) is 8.05. The number of carbonyl (C=O) groups excluding carboxylic acids is 1. The minimum atomic E-state index is -0.638. The van der Waals surface area contributed by atoms with Gasteiger partial charge in [-0.2, -0.15) is 0 Å². The number of methoxy groups -OCH3 is 1. The molecular weight excluding hydrogens is 400 g/mol. The Morgan fingerprint density at radius 1 is 1.22 bits per heavy atom. The second-order valence-corrected chi connectivity index (χ2v) is 9.35. The maximum Gasteiger partial charge on any atom is 0.223 e. The molecule has 4 rings (SSSR count). The van der Waals surface area contributed by atoms with E-state index < -0.39 is 5.66 Å². The van der Waals surface area contributed by atoms with Gasteiger partial charge in [0.05, 0.1) is 7.11 Å². The van der Waals surface area contributed by atoms with Crippen LogP contribution in [0.25, 0.3) is 6.08 Å². The lowest BCUT2D eigenvalue weighted by molar-refractivity contribution is -0.124. The lowest BCUT2D eigenvalue weighted by atomic mass is 9.74. The van der Waals surface area contributed by atoms with Crippen molar-refractivity contribution in [1.29, 1.82) is 0 Å². The summed E-state index contributed by atoms with van der Waals surface area (Å²) < 4.78 is 11.3. The quantitative estimate of drug-likeness (QED) is 0.654. The number of hydrogen-bond donors (Lipinski definition) is 1. The van der Waals surface area contributed by atoms with Crippen LogP contribution in [-0.4, -0.2) is 31.8 Å². The van der Waals surface area contributed by atoms with Gasteiger partial charge < -0.3 is 19.7 Å². The van der Waals surface area contributed by atoms with Crippen LogP contribution in [-0.2, 0) is 10.2 Å². The molecule has 5 nitrogen and oxygen atoms in total. The third-order valence-corrected chi connectivity index (χ3v) is 6.57. The van der Waals surface area contributed by atoms with Crippen molar-refractivity contribution < 1.29 is 14.3 Å². The monoisotopic (exact) mass is 432 g/mol. The van der Waals surface area contributed by atoms with Gasteiger partial charge in [0.15, 0.2) is 11.5 Å². The number of ether oxygens (including phenoxy) is 2. The summed E-state index contributed by atoms with van der Waals surface area (Å²) in [6.45, 7) is 13.5. The lowest BCUT2D eigenvalue weighted by Crippen LogP contribution is -2.68. The molecule has 1 N–H and O–H groups in total. The minimum Gasteiger partial charge on any atom is -0.493 e. The predicted octanol–water partition coefficient (Wildman–Crippen LogP) is 4.99. The predicted molar refractivity (Wildman–Crippen MR) is 129 cm³/mol. The van der Waals surface area contributed by atoms with Crippen molar-refractivity contribution in [2.45, 2.75) is 45.2 Å². The Bertz CT molecular complexity index is 1100. The van der Waals surface area contributed by atoms with Gasteiger partial charge >= 0.3 is 0 Å². The number of rotatable bonds is 6. The molecule has 1 amide bonds. The molecule has 5 heteroatoms. The molecule has 2 aromatic carbocycles. The number of fused-ring (bicyclic) bond motifs is 3. The summed E-state index contributed by atoms with van der Waals surface area (Å²) in [4.78, 5) is 14.9. The van der Waals surface area contributed by atoms with E-state index in [1.807, 2.05) is 25.1 Å². The minimum absolute atomic E-state index is 0.0737. The molecule has 0 spiro atoms. The molecular formula is C27H32N2O3. The summed E-state index contributed by atoms with van der Waals surface area (Å²) in [6.07, 6.45) is 4.67. The van der Waals surface area contributed by atoms with Crippen LogP contribution in [0.1, 0.15) is 43.9 Å². The summed E-state index contributed by atoms with van der Waals surface area (Å²) in [5, 5.41) is 3.33. The van der Waals surface area contributed by atoms with Gasteiger partial charge in [-0.1, -0.05) is 50.3 Å². The molecule has 0 saturated carbocycles. The number of aryl methyl sites for hydroxylation is 1. The summed E-state index contributed by atoms with van der Waals surface area (Å²) in [5.41, 5.74) is 4.63. The Morgan fingerprint density at radius 3 is 2.72 bits per heavy atom. The third-order valence-electron chi connectivity index (χ3n) is 6.57. The highest BCUT2D eigenvalue weighted by Gasteiger charge is 2.57. The van der Waals surface area contributed by atoms with E-state index >= 15 is 0 Å². The van der Waals surface area contributed by atoms with Crippen LogP contribution < -0.4 is 19.7 Å². The Hall–Kier alpha value is -3.21. The van der Waals surface area contributed by atoms with Crippen LogP contribution in [0.15, 0.2) is 54.6 Å². The highest BCUT2D eigenvalue weighted by molar-refractivity contribution is 5.84. The standard InChI is InChI=1S/C27H32N2O3/c1-18(2)17-32-23-10-8-20(16-24(23)31-6)11-13-27-26(4,5)21-15-19(3)7-9-22(21)29(27)14-12-25(30)28-27/h7-11,13,15-16H,1,12,14,17H2,2-6H3,(H,28,30)/t27-/m1/s1. The number of nitrogens with one attached hydrogen (secondary N) is 1. The molecule has 32 heavy (non-hydrogen) atoms. The second-order valence-electron chi connectivity index (χ2n) is 9.35. The Morgan fingerprint density at radius 2 is 2.00 bits per heavy atom. The van der Waals surface area contributed by atoms with Crippen molar-refractivity contribution in [2.24, 2.45) is 0 Å². The van der Waals surface area contributed by atoms with Crippen LogP contribution in [0.3, 0.4) is 0 Å². The first-order chi connectivity index (χ1) is 15.2. The van der Waals surface area contributed by atoms with Crippen LogP contribution in [0.5, 0.6) is 11.5 Å². The molecule has 0 unspecified atom stereocenters. The average molecular weight is 433 g/mol. The number of amides is 1. The van der Waals surface area contributed by atoms with Gasteiger partial charge in [0.2, 0.25) is 5.91 Å². The zero-order valence-electron chi connectivity index (χ0n) is 19.6. The average Bonchev–Trinajstić information content (AvgIpc) is 2.94. The SMILES string of the molecule is C=C(C)COc1ccc(C=C[C@@]23NC(=O)CCN2c2ccc(C)cc2C3(C)C)cc1OC. The molecule has 1 fully saturated rings. The maximum atomic E-state index is 12.6. The van der Waals surface area contributed by atoms with E-state index in [0.29, 0.717) is 31.1 Å². The molecule has 2 heterocycles. The topological polar surface area (TPSA) is 50.8 Å². The van der Waals surface area contributed by atoms with E-state index in [9.17, 15) is 4.79 Å². The van der Waals surface area contributed by atoms with Gasteiger partial charge in [-0.05, 0) is 54.8 Å². The van der Waals surface area contributed by atoms with Crippen LogP contribution in [0, 0.1) is 6.92 Å². The van der Waals surface area contributed by atoms with E-state index in [0.717, 1.165) is 11.1 Å². The molecule has 2 aromatic rings. The highest BCUT2D eigenvalue weighted by Crippen LogP contribution is 2.52. The summed E-state index contributed by atoms with van der Waals surface area (Å²) in [5.74, 6) is 1.42. The number of hydrogen-bond acceptors (Lipinski definition) is 4. The Balaban J connectivity index is 1.73. The van der Waals surface area contributed by atoms with E-state index in [1.54, 1.807) is 7.11 Å². The molecule has 2 aliphatic heterocycles. The van der Waals surface area contributed by atoms with Crippen molar-refractivity contribution in [2.75, 3.05) is 25.2 Å². The summed E-state index contributed by atoms with van der Waals surface area (Å²) in [6, 6.07) is 12.4. The Kier molecular flexibility index (Phi) is 5.53.